The highest BCUT2D eigenvalue weighted by molar-refractivity contribution is 9.11. The number of rotatable bonds is 4. The number of nitrogens with one attached hydrogen (secondary N) is 1. The van der Waals surface area contributed by atoms with Crippen molar-refractivity contribution in [2.45, 2.75) is 11.8 Å². The number of hydrogen-bond acceptors (Lipinski definition) is 3. The molecule has 0 saturated carbocycles. The number of nitrogens with two attached hydrogens (primary N) is 1. The van der Waals surface area contributed by atoms with E-state index in [-0.39, 0.29) is 4.90 Å². The minimum absolute atomic E-state index is 0.0521. The van der Waals surface area contributed by atoms with Crippen LogP contribution in [0.15, 0.2) is 26.0 Å². The van der Waals surface area contributed by atoms with Crippen molar-refractivity contribution < 1.29 is 13.2 Å². The number of aryl methyl sites for hydroxylation is 1. The first kappa shape index (κ1) is 14.6. The monoisotopic (exact) mass is 384 g/mol. The van der Waals surface area contributed by atoms with Crippen molar-refractivity contribution in [1.29, 1.82) is 0 Å². The Kier molecular flexibility index (Phi) is 4.70. The molecule has 3 N–H and O–H groups in total. The van der Waals surface area contributed by atoms with Gasteiger partial charge in [-0.3, -0.25) is 4.79 Å². The van der Waals surface area contributed by atoms with Crippen molar-refractivity contribution in [1.82, 2.24) is 4.72 Å². The van der Waals surface area contributed by atoms with Crippen LogP contribution in [0.5, 0.6) is 0 Å². The number of halogens is 2. The third-order valence-electron chi connectivity index (χ3n) is 1.94. The van der Waals surface area contributed by atoms with Gasteiger partial charge in [0.2, 0.25) is 15.9 Å². The van der Waals surface area contributed by atoms with Gasteiger partial charge in [0.05, 0.1) is 11.4 Å². The smallest absolute Gasteiger partial charge is 0.242 e. The molecule has 1 aromatic carbocycles. The molecule has 0 radical (unpaired) electrons. The topological polar surface area (TPSA) is 89.3 Å². The summed E-state index contributed by atoms with van der Waals surface area (Å²) >= 11 is 6.42. The summed E-state index contributed by atoms with van der Waals surface area (Å²) in [4.78, 5) is 10.6. The predicted octanol–water partition coefficient (Wildman–Crippen LogP) is 1.28. The van der Waals surface area contributed by atoms with Gasteiger partial charge in [0.15, 0.2) is 0 Å². The number of benzene rings is 1. The minimum Gasteiger partial charge on any atom is -0.369 e. The molecule has 0 aliphatic heterocycles. The molecule has 17 heavy (non-hydrogen) atoms. The van der Waals surface area contributed by atoms with Crippen LogP contribution in [0, 0.1) is 6.92 Å². The first-order valence-corrected chi connectivity index (χ1v) is 7.54. The van der Waals surface area contributed by atoms with E-state index in [0.29, 0.717) is 8.95 Å². The number of amides is 1. The minimum atomic E-state index is -3.75. The van der Waals surface area contributed by atoms with Gasteiger partial charge in [-0.1, -0.05) is 15.9 Å². The fraction of sp³-hybridized carbons (Fsp3) is 0.222. The maximum Gasteiger partial charge on any atom is 0.242 e. The van der Waals surface area contributed by atoms with Crippen LogP contribution in [0.25, 0.3) is 0 Å². The fourth-order valence-electron chi connectivity index (χ4n) is 1.08. The summed E-state index contributed by atoms with van der Waals surface area (Å²) in [5.41, 5.74) is 5.78. The lowest BCUT2D eigenvalue weighted by Crippen LogP contribution is -2.33. The van der Waals surface area contributed by atoms with Crippen LogP contribution in [0.4, 0.5) is 0 Å². The molecular weight excluding hydrogens is 376 g/mol. The van der Waals surface area contributed by atoms with Crippen LogP contribution in [0.1, 0.15) is 5.56 Å². The highest BCUT2D eigenvalue weighted by atomic mass is 79.9. The molecule has 0 aromatic heterocycles. The molecule has 0 unspecified atom stereocenters. The summed E-state index contributed by atoms with van der Waals surface area (Å²) in [5, 5.41) is 0. The Hall–Kier alpha value is -0.440. The number of carbonyl (C=O) groups excluding carboxylic acids is 1. The van der Waals surface area contributed by atoms with E-state index >= 15 is 0 Å². The normalized spacial score (nSPS) is 11.5. The average Bonchev–Trinajstić information content (AvgIpc) is 2.20. The van der Waals surface area contributed by atoms with Crippen molar-refractivity contribution in [3.05, 3.63) is 26.6 Å². The van der Waals surface area contributed by atoms with Crippen molar-refractivity contribution in [3.8, 4) is 0 Å². The molecule has 0 heterocycles. The van der Waals surface area contributed by atoms with E-state index in [1.807, 2.05) is 6.92 Å². The second-order valence-electron chi connectivity index (χ2n) is 3.32. The summed E-state index contributed by atoms with van der Waals surface area (Å²) in [6.07, 6.45) is 0. The second-order valence-corrected chi connectivity index (χ2v) is 6.77. The lowest BCUT2D eigenvalue weighted by molar-refractivity contribution is -0.116. The van der Waals surface area contributed by atoms with Crippen LogP contribution < -0.4 is 10.5 Å². The Morgan fingerprint density at radius 1 is 1.35 bits per heavy atom. The van der Waals surface area contributed by atoms with E-state index in [1.54, 1.807) is 6.07 Å². The van der Waals surface area contributed by atoms with Crippen molar-refractivity contribution >= 4 is 47.8 Å². The number of primary amides is 1. The molecule has 0 saturated heterocycles. The Morgan fingerprint density at radius 3 is 2.47 bits per heavy atom. The van der Waals surface area contributed by atoms with Gasteiger partial charge in [-0.05, 0) is 40.5 Å². The lowest BCUT2D eigenvalue weighted by atomic mass is 10.2. The first-order chi connectivity index (χ1) is 7.74. The Morgan fingerprint density at radius 2 is 1.94 bits per heavy atom. The van der Waals surface area contributed by atoms with E-state index < -0.39 is 22.5 Å². The van der Waals surface area contributed by atoms with Crippen LogP contribution in [-0.4, -0.2) is 20.9 Å². The molecular formula is C9H10Br2N2O3S. The van der Waals surface area contributed by atoms with Gasteiger partial charge in [0.25, 0.3) is 0 Å². The third-order valence-corrected chi connectivity index (χ3v) is 5.15. The fourth-order valence-corrected chi connectivity index (χ4v) is 3.75. The predicted molar refractivity (Wildman–Crippen MR) is 71.0 cm³/mol. The first-order valence-electron chi connectivity index (χ1n) is 4.47. The van der Waals surface area contributed by atoms with E-state index in [9.17, 15) is 13.2 Å². The molecule has 0 aliphatic rings. The molecule has 1 rings (SSSR count). The zero-order valence-electron chi connectivity index (χ0n) is 8.83. The largest absolute Gasteiger partial charge is 0.369 e. The summed E-state index contributed by atoms with van der Waals surface area (Å²) in [6, 6.07) is 3.13. The Labute approximate surface area is 116 Å². The lowest BCUT2D eigenvalue weighted by Gasteiger charge is -2.09. The average molecular weight is 386 g/mol. The third kappa shape index (κ3) is 3.77. The van der Waals surface area contributed by atoms with Gasteiger partial charge in [0.1, 0.15) is 0 Å². The number of sulfonamides is 1. The molecule has 94 valence electrons. The second kappa shape index (κ2) is 5.47. The van der Waals surface area contributed by atoms with Gasteiger partial charge in [-0.2, -0.15) is 0 Å². The van der Waals surface area contributed by atoms with E-state index in [2.05, 4.69) is 36.6 Å². The quantitative estimate of drug-likeness (QED) is 0.818. The molecule has 0 aliphatic carbocycles. The van der Waals surface area contributed by atoms with E-state index in [4.69, 9.17) is 5.73 Å². The maximum atomic E-state index is 11.9. The van der Waals surface area contributed by atoms with Gasteiger partial charge < -0.3 is 5.73 Å². The maximum absolute atomic E-state index is 11.9. The Bertz CT molecular complexity index is 558. The number of carbonyl (C=O) groups is 1. The zero-order chi connectivity index (χ0) is 13.2. The highest BCUT2D eigenvalue weighted by Crippen LogP contribution is 2.28. The van der Waals surface area contributed by atoms with Gasteiger partial charge in [0, 0.05) is 8.95 Å². The molecule has 5 nitrogen and oxygen atoms in total. The van der Waals surface area contributed by atoms with Crippen LogP contribution in [0.2, 0.25) is 0 Å². The molecule has 0 atom stereocenters. The zero-order valence-corrected chi connectivity index (χ0v) is 12.8. The molecule has 0 fully saturated rings. The van der Waals surface area contributed by atoms with Crippen LogP contribution >= 0.6 is 31.9 Å². The number of hydrogen-bond donors (Lipinski definition) is 2. The van der Waals surface area contributed by atoms with Gasteiger partial charge in [-0.15, -0.1) is 0 Å². The van der Waals surface area contributed by atoms with Crippen molar-refractivity contribution in [2.75, 3.05) is 6.54 Å². The SMILES string of the molecule is Cc1cc(Br)c(S(=O)(=O)NCC(N)=O)cc1Br. The summed E-state index contributed by atoms with van der Waals surface area (Å²) in [6.45, 7) is 1.41. The summed E-state index contributed by atoms with van der Waals surface area (Å²) in [7, 11) is -3.75. The Balaban J connectivity index is 3.15. The molecule has 8 heteroatoms. The van der Waals surface area contributed by atoms with Gasteiger partial charge >= 0.3 is 0 Å². The van der Waals surface area contributed by atoms with Crippen molar-refractivity contribution in [2.24, 2.45) is 5.73 Å². The standard InChI is InChI=1S/C9H10Br2N2O3S/c1-5-2-7(11)8(3-6(5)10)17(15,16)13-4-9(12)14/h2-3,13H,4H2,1H3,(H2,12,14). The molecule has 0 bridgehead atoms. The van der Waals surface area contributed by atoms with E-state index in [0.717, 1.165) is 5.56 Å². The van der Waals surface area contributed by atoms with Crippen LogP contribution in [-0.2, 0) is 14.8 Å². The molecule has 0 spiro atoms. The summed E-state index contributed by atoms with van der Waals surface area (Å²) < 4.78 is 26.9. The highest BCUT2D eigenvalue weighted by Gasteiger charge is 2.19. The van der Waals surface area contributed by atoms with Crippen molar-refractivity contribution in [3.63, 3.8) is 0 Å². The molecule has 1 aromatic rings. The van der Waals surface area contributed by atoms with E-state index in [1.165, 1.54) is 6.07 Å². The van der Waals surface area contributed by atoms with Gasteiger partial charge in [-0.25, -0.2) is 13.1 Å². The summed E-state index contributed by atoms with van der Waals surface area (Å²) in [5.74, 6) is -0.740. The molecule has 1 amide bonds. The van der Waals surface area contributed by atoms with Crippen LogP contribution in [0.3, 0.4) is 0 Å².